The summed E-state index contributed by atoms with van der Waals surface area (Å²) in [6, 6.07) is 8.24. The second-order valence-corrected chi connectivity index (χ2v) is 7.15. The average Bonchev–Trinajstić information content (AvgIpc) is 3.05. The van der Waals surface area contributed by atoms with Crippen LogP contribution in [0.25, 0.3) is 16.8 Å². The second kappa shape index (κ2) is 6.35. The summed E-state index contributed by atoms with van der Waals surface area (Å²) in [5.41, 5.74) is 11.5. The molecular formula is C19H23N5O2. The highest BCUT2D eigenvalue weighted by Gasteiger charge is 2.42. The maximum absolute atomic E-state index is 9.48. The molecule has 0 saturated carbocycles. The van der Waals surface area contributed by atoms with Crippen molar-refractivity contribution in [2.45, 2.75) is 13.5 Å². The van der Waals surface area contributed by atoms with Gasteiger partial charge in [0.1, 0.15) is 6.33 Å². The molecule has 7 heteroatoms. The summed E-state index contributed by atoms with van der Waals surface area (Å²) in [5.74, 6) is 0. The van der Waals surface area contributed by atoms with E-state index in [9.17, 15) is 10.2 Å². The minimum absolute atomic E-state index is 0.00873. The number of aromatic nitrogens is 3. The van der Waals surface area contributed by atoms with E-state index in [0.717, 1.165) is 33.6 Å². The first-order valence-corrected chi connectivity index (χ1v) is 8.69. The highest BCUT2D eigenvalue weighted by molar-refractivity contribution is 5.80. The third-order valence-electron chi connectivity index (χ3n) is 5.32. The van der Waals surface area contributed by atoms with Gasteiger partial charge < -0.3 is 20.8 Å². The zero-order chi connectivity index (χ0) is 18.3. The Hall–Kier alpha value is -2.48. The molecule has 4 N–H and O–H groups in total. The van der Waals surface area contributed by atoms with Crippen LogP contribution in [0.1, 0.15) is 11.1 Å². The van der Waals surface area contributed by atoms with Gasteiger partial charge in [0.05, 0.1) is 41.7 Å². The van der Waals surface area contributed by atoms with Gasteiger partial charge in [0.15, 0.2) is 0 Å². The molecule has 1 aromatic carbocycles. The Balaban J connectivity index is 1.70. The molecule has 1 aliphatic rings. The summed E-state index contributed by atoms with van der Waals surface area (Å²) in [5, 5.41) is 23.3. The summed E-state index contributed by atoms with van der Waals surface area (Å²) >= 11 is 0. The summed E-state index contributed by atoms with van der Waals surface area (Å²) in [6.07, 6.45) is 3.51. The summed E-state index contributed by atoms with van der Waals surface area (Å²) in [7, 11) is 0. The van der Waals surface area contributed by atoms with Crippen molar-refractivity contribution in [3.05, 3.63) is 47.9 Å². The van der Waals surface area contributed by atoms with Crippen molar-refractivity contribution < 1.29 is 10.2 Å². The minimum Gasteiger partial charge on any atom is -0.396 e. The molecule has 2 aromatic heterocycles. The summed E-state index contributed by atoms with van der Waals surface area (Å²) in [6.45, 7) is 3.81. The van der Waals surface area contributed by atoms with E-state index in [-0.39, 0.29) is 13.2 Å². The number of hydrogen-bond acceptors (Lipinski definition) is 6. The third kappa shape index (κ3) is 2.65. The van der Waals surface area contributed by atoms with Crippen molar-refractivity contribution >= 4 is 11.2 Å². The van der Waals surface area contributed by atoms with Gasteiger partial charge in [-0.15, -0.1) is 0 Å². The van der Waals surface area contributed by atoms with Gasteiger partial charge in [0.25, 0.3) is 0 Å². The standard InChI is InChI=1S/C19H23N5O2/c1-13-4-14(2-3-15(13)6-20)18-17-5-16(7-24(17)22-12-21-18)23-8-19(9-23,10-25)11-26/h2-5,7,12,25-26H,6,8-11,20H2,1H3. The van der Waals surface area contributed by atoms with Crippen LogP contribution in [0.2, 0.25) is 0 Å². The Morgan fingerprint density at radius 2 is 1.96 bits per heavy atom. The van der Waals surface area contributed by atoms with Gasteiger partial charge in [-0.25, -0.2) is 9.50 Å². The predicted molar refractivity (Wildman–Crippen MR) is 99.9 cm³/mol. The number of rotatable bonds is 5. The zero-order valence-corrected chi connectivity index (χ0v) is 14.8. The average molecular weight is 353 g/mol. The minimum atomic E-state index is -0.405. The molecule has 0 unspecified atom stereocenters. The number of nitrogens with zero attached hydrogens (tertiary/aromatic N) is 4. The van der Waals surface area contributed by atoms with E-state index >= 15 is 0 Å². The largest absolute Gasteiger partial charge is 0.396 e. The highest BCUT2D eigenvalue weighted by atomic mass is 16.3. The highest BCUT2D eigenvalue weighted by Crippen LogP contribution is 2.36. The van der Waals surface area contributed by atoms with Crippen molar-refractivity contribution in [1.82, 2.24) is 14.6 Å². The lowest BCUT2D eigenvalue weighted by Crippen LogP contribution is -2.60. The number of hydrogen-bond donors (Lipinski definition) is 3. The maximum Gasteiger partial charge on any atom is 0.137 e. The van der Waals surface area contributed by atoms with Crippen molar-refractivity contribution in [3.8, 4) is 11.3 Å². The van der Waals surface area contributed by atoms with E-state index < -0.39 is 5.41 Å². The van der Waals surface area contributed by atoms with Crippen LogP contribution >= 0.6 is 0 Å². The van der Waals surface area contributed by atoms with E-state index in [1.165, 1.54) is 0 Å². The number of aliphatic hydroxyl groups excluding tert-OH is 2. The van der Waals surface area contributed by atoms with Gasteiger partial charge in [0, 0.05) is 25.2 Å². The van der Waals surface area contributed by atoms with Crippen LogP contribution in [0.15, 0.2) is 36.8 Å². The Kier molecular flexibility index (Phi) is 4.14. The van der Waals surface area contributed by atoms with Gasteiger partial charge in [-0.05, 0) is 30.2 Å². The van der Waals surface area contributed by atoms with Crippen molar-refractivity contribution in [2.24, 2.45) is 11.1 Å². The predicted octanol–water partition coefficient (Wildman–Crippen LogP) is 0.954. The second-order valence-electron chi connectivity index (χ2n) is 7.15. The number of fused-ring (bicyclic) bond motifs is 1. The molecule has 1 fully saturated rings. The number of aryl methyl sites for hydroxylation is 1. The molecule has 7 nitrogen and oxygen atoms in total. The molecular weight excluding hydrogens is 330 g/mol. The molecule has 0 amide bonds. The van der Waals surface area contributed by atoms with E-state index in [2.05, 4.69) is 34.0 Å². The molecule has 0 atom stereocenters. The lowest BCUT2D eigenvalue weighted by atomic mass is 9.81. The molecule has 3 heterocycles. The number of benzene rings is 1. The van der Waals surface area contributed by atoms with Crippen molar-refractivity contribution in [3.63, 3.8) is 0 Å². The maximum atomic E-state index is 9.48. The Morgan fingerprint density at radius 1 is 1.19 bits per heavy atom. The van der Waals surface area contributed by atoms with Crippen LogP contribution < -0.4 is 10.6 Å². The fraction of sp³-hybridized carbons (Fsp3) is 0.368. The molecule has 0 bridgehead atoms. The topological polar surface area (TPSA) is 99.9 Å². The molecule has 0 aliphatic carbocycles. The van der Waals surface area contributed by atoms with E-state index in [0.29, 0.717) is 19.6 Å². The van der Waals surface area contributed by atoms with Gasteiger partial charge in [0.2, 0.25) is 0 Å². The van der Waals surface area contributed by atoms with Crippen LogP contribution in [0.3, 0.4) is 0 Å². The number of aliphatic hydroxyl groups is 2. The first-order chi connectivity index (χ1) is 12.6. The van der Waals surface area contributed by atoms with Gasteiger partial charge in [-0.1, -0.05) is 12.1 Å². The molecule has 1 saturated heterocycles. The molecule has 4 rings (SSSR count). The summed E-state index contributed by atoms with van der Waals surface area (Å²) in [4.78, 5) is 6.62. The van der Waals surface area contributed by atoms with Crippen LogP contribution in [-0.4, -0.2) is 51.1 Å². The lowest BCUT2D eigenvalue weighted by Gasteiger charge is -2.49. The fourth-order valence-electron chi connectivity index (χ4n) is 3.58. The van der Waals surface area contributed by atoms with Crippen LogP contribution in [-0.2, 0) is 6.54 Å². The first kappa shape index (κ1) is 17.0. The molecule has 136 valence electrons. The molecule has 0 radical (unpaired) electrons. The fourth-order valence-corrected chi connectivity index (χ4v) is 3.58. The Morgan fingerprint density at radius 3 is 2.62 bits per heavy atom. The van der Waals surface area contributed by atoms with Crippen LogP contribution in [0.5, 0.6) is 0 Å². The first-order valence-electron chi connectivity index (χ1n) is 8.69. The van der Waals surface area contributed by atoms with Gasteiger partial charge >= 0.3 is 0 Å². The van der Waals surface area contributed by atoms with Crippen LogP contribution in [0.4, 0.5) is 5.69 Å². The molecule has 0 spiro atoms. The normalized spacial score (nSPS) is 16.1. The Bertz CT molecular complexity index is 940. The van der Waals surface area contributed by atoms with Gasteiger partial charge in [-0.2, -0.15) is 5.10 Å². The van der Waals surface area contributed by atoms with Gasteiger partial charge in [-0.3, -0.25) is 0 Å². The molecule has 1 aliphatic heterocycles. The van der Waals surface area contributed by atoms with Crippen LogP contribution in [0, 0.1) is 12.3 Å². The lowest BCUT2D eigenvalue weighted by molar-refractivity contribution is 0.0306. The zero-order valence-electron chi connectivity index (χ0n) is 14.8. The Labute approximate surface area is 151 Å². The van der Waals surface area contributed by atoms with E-state index in [1.807, 2.05) is 22.8 Å². The van der Waals surface area contributed by atoms with E-state index in [4.69, 9.17) is 5.73 Å². The van der Waals surface area contributed by atoms with Crippen molar-refractivity contribution in [1.29, 1.82) is 0 Å². The third-order valence-corrected chi connectivity index (χ3v) is 5.32. The SMILES string of the molecule is Cc1cc(-c2ncnn3cc(N4CC(CO)(CO)C4)cc23)ccc1CN. The molecule has 3 aromatic rings. The number of nitrogens with two attached hydrogens (primary N) is 1. The van der Waals surface area contributed by atoms with E-state index in [1.54, 1.807) is 6.33 Å². The monoisotopic (exact) mass is 353 g/mol. The quantitative estimate of drug-likeness (QED) is 0.632. The molecule has 26 heavy (non-hydrogen) atoms. The van der Waals surface area contributed by atoms with Crippen molar-refractivity contribution in [2.75, 3.05) is 31.2 Å². The smallest absolute Gasteiger partial charge is 0.137 e. The number of anilines is 1. The summed E-state index contributed by atoms with van der Waals surface area (Å²) < 4.78 is 1.82.